The Morgan fingerprint density at radius 2 is 1.19 bits per heavy atom. The topological polar surface area (TPSA) is 49.3 Å². The number of hydrogen-bond acceptors (Lipinski definition) is 2. The number of anilines is 1. The van der Waals surface area contributed by atoms with E-state index in [1.807, 2.05) is 18.2 Å². The van der Waals surface area contributed by atoms with Crippen molar-refractivity contribution in [1.82, 2.24) is 0 Å². The van der Waals surface area contributed by atoms with Gasteiger partial charge in [0.25, 0.3) is 0 Å². The molecule has 3 heteroatoms. The Morgan fingerprint density at radius 1 is 0.719 bits per heavy atom. The molecular weight excluding hydrogens is 394 g/mol. The Hall–Kier alpha value is -2.03. The summed E-state index contributed by atoms with van der Waals surface area (Å²) in [6.45, 7) is 3.31. The van der Waals surface area contributed by atoms with Crippen LogP contribution in [0, 0.1) is 0 Å². The van der Waals surface area contributed by atoms with Crippen LogP contribution < -0.4 is 5.32 Å². The Bertz CT molecular complexity index is 619. The molecular formula is C29H47NO2. The van der Waals surface area contributed by atoms with Gasteiger partial charge in [0.1, 0.15) is 0 Å². The number of nitrogens with one attached hydrogen (secondary N) is 1. The van der Waals surface area contributed by atoms with E-state index in [2.05, 4.69) is 24.4 Å². The first-order valence-electron chi connectivity index (χ1n) is 13.1. The number of allylic oxidation sites excluding steroid dienone is 2. The molecule has 0 aliphatic carbocycles. The third-order valence-corrected chi connectivity index (χ3v) is 5.91. The molecule has 180 valence electrons. The molecule has 0 amide bonds. The molecule has 0 radical (unpaired) electrons. The van der Waals surface area contributed by atoms with Crippen molar-refractivity contribution in [2.24, 2.45) is 0 Å². The van der Waals surface area contributed by atoms with Crippen LogP contribution in [0.15, 0.2) is 42.5 Å². The third-order valence-electron chi connectivity index (χ3n) is 5.91. The van der Waals surface area contributed by atoms with Crippen LogP contribution in [0.1, 0.15) is 115 Å². The Labute approximate surface area is 197 Å². The molecule has 0 aliphatic rings. The summed E-state index contributed by atoms with van der Waals surface area (Å²) >= 11 is 0. The first-order valence-corrected chi connectivity index (χ1v) is 13.1. The van der Waals surface area contributed by atoms with E-state index in [-0.39, 0.29) is 0 Å². The normalized spacial score (nSPS) is 11.5. The summed E-state index contributed by atoms with van der Waals surface area (Å²) in [4.78, 5) is 10.4. The predicted octanol–water partition coefficient (Wildman–Crippen LogP) is 9.01. The number of benzene rings is 1. The van der Waals surface area contributed by atoms with Crippen molar-refractivity contribution in [3.05, 3.63) is 48.1 Å². The molecule has 0 unspecified atom stereocenters. The highest BCUT2D eigenvalue weighted by Gasteiger charge is 1.96. The second kappa shape index (κ2) is 20.8. The smallest absolute Gasteiger partial charge is 0.328 e. The molecule has 0 atom stereocenters. The number of unbranched alkanes of at least 4 members (excludes halogenated alkanes) is 15. The fraction of sp³-hybridized carbons (Fsp3) is 0.621. The standard InChI is InChI=1S/C29H47NO2/c1-2-3-4-5-6-7-8-9-10-11-12-13-14-15-16-19-26-30-28-24-22-27(23-25-28)20-17-18-21-29(31)32/h17-18,20-25,30H,2-16,19,26H2,1H3,(H,31,32). The van der Waals surface area contributed by atoms with E-state index >= 15 is 0 Å². The lowest BCUT2D eigenvalue weighted by Crippen LogP contribution is -2.01. The van der Waals surface area contributed by atoms with E-state index in [1.165, 1.54) is 109 Å². The molecule has 1 aromatic rings. The van der Waals surface area contributed by atoms with Crippen LogP contribution in [0.2, 0.25) is 0 Å². The minimum atomic E-state index is -0.928. The molecule has 32 heavy (non-hydrogen) atoms. The summed E-state index contributed by atoms with van der Waals surface area (Å²) in [5.41, 5.74) is 2.21. The summed E-state index contributed by atoms with van der Waals surface area (Å²) in [5, 5.41) is 12.0. The fourth-order valence-electron chi connectivity index (χ4n) is 3.92. The number of carboxylic acids is 1. The lowest BCUT2D eigenvalue weighted by atomic mass is 10.0. The van der Waals surface area contributed by atoms with Crippen molar-refractivity contribution in [1.29, 1.82) is 0 Å². The van der Waals surface area contributed by atoms with Gasteiger partial charge in [0.05, 0.1) is 0 Å². The zero-order valence-corrected chi connectivity index (χ0v) is 20.5. The molecule has 0 saturated heterocycles. The number of aliphatic carboxylic acids is 1. The highest BCUT2D eigenvalue weighted by Crippen LogP contribution is 2.14. The first-order chi connectivity index (χ1) is 15.7. The van der Waals surface area contributed by atoms with Crippen molar-refractivity contribution in [2.75, 3.05) is 11.9 Å². The molecule has 0 aromatic heterocycles. The van der Waals surface area contributed by atoms with Crippen molar-refractivity contribution in [3.8, 4) is 0 Å². The quantitative estimate of drug-likeness (QED) is 0.114. The minimum absolute atomic E-state index is 0.928. The average Bonchev–Trinajstić information content (AvgIpc) is 2.79. The molecule has 2 N–H and O–H groups in total. The third kappa shape index (κ3) is 17.6. The second-order valence-electron chi connectivity index (χ2n) is 8.91. The van der Waals surface area contributed by atoms with Gasteiger partial charge in [-0.15, -0.1) is 0 Å². The van der Waals surface area contributed by atoms with Gasteiger partial charge in [-0.3, -0.25) is 0 Å². The van der Waals surface area contributed by atoms with Gasteiger partial charge in [-0.2, -0.15) is 0 Å². The number of rotatable bonds is 21. The second-order valence-corrected chi connectivity index (χ2v) is 8.91. The van der Waals surface area contributed by atoms with Crippen LogP contribution in [0.3, 0.4) is 0 Å². The molecule has 0 saturated carbocycles. The van der Waals surface area contributed by atoms with Gasteiger partial charge in [0.2, 0.25) is 0 Å². The molecule has 0 spiro atoms. The van der Waals surface area contributed by atoms with Crippen molar-refractivity contribution < 1.29 is 9.90 Å². The number of carboxylic acid groups (broad SMARTS) is 1. The van der Waals surface area contributed by atoms with Gasteiger partial charge >= 0.3 is 5.97 Å². The van der Waals surface area contributed by atoms with E-state index in [1.54, 1.807) is 6.08 Å². The summed E-state index contributed by atoms with van der Waals surface area (Å²) < 4.78 is 0. The molecule has 1 aromatic carbocycles. The summed E-state index contributed by atoms with van der Waals surface area (Å²) in [6.07, 6.45) is 28.7. The minimum Gasteiger partial charge on any atom is -0.478 e. The van der Waals surface area contributed by atoms with E-state index < -0.39 is 5.97 Å². The van der Waals surface area contributed by atoms with Crippen LogP contribution in [-0.2, 0) is 4.79 Å². The number of carbonyl (C=O) groups is 1. The zero-order valence-electron chi connectivity index (χ0n) is 20.5. The van der Waals surface area contributed by atoms with E-state index in [9.17, 15) is 4.79 Å². The lowest BCUT2D eigenvalue weighted by molar-refractivity contribution is -0.131. The Morgan fingerprint density at radius 3 is 1.66 bits per heavy atom. The predicted molar refractivity (Wildman–Crippen MR) is 140 cm³/mol. The fourth-order valence-corrected chi connectivity index (χ4v) is 3.92. The van der Waals surface area contributed by atoms with Crippen molar-refractivity contribution >= 4 is 17.7 Å². The van der Waals surface area contributed by atoms with Crippen LogP contribution in [0.5, 0.6) is 0 Å². The van der Waals surface area contributed by atoms with E-state index in [0.29, 0.717) is 0 Å². The molecule has 1 rings (SSSR count). The summed E-state index contributed by atoms with van der Waals surface area (Å²) in [5.74, 6) is -0.928. The molecule has 3 nitrogen and oxygen atoms in total. The van der Waals surface area contributed by atoms with Crippen molar-refractivity contribution in [3.63, 3.8) is 0 Å². The summed E-state index contributed by atoms with van der Waals surface area (Å²) in [6, 6.07) is 8.24. The highest BCUT2D eigenvalue weighted by molar-refractivity contribution is 5.80. The zero-order chi connectivity index (χ0) is 23.1. The van der Waals surface area contributed by atoms with Crippen LogP contribution in [0.4, 0.5) is 5.69 Å². The maximum absolute atomic E-state index is 10.4. The average molecular weight is 442 g/mol. The number of hydrogen-bond donors (Lipinski definition) is 2. The van der Waals surface area contributed by atoms with Gasteiger partial charge in [-0.05, 0) is 24.1 Å². The monoisotopic (exact) mass is 441 g/mol. The molecule has 0 fully saturated rings. The molecule has 0 heterocycles. The van der Waals surface area contributed by atoms with Gasteiger partial charge in [-0.1, -0.05) is 134 Å². The SMILES string of the molecule is CCCCCCCCCCCCCCCCCCNc1ccc(C=CC=CC(=O)O)cc1. The Balaban J connectivity index is 1.88. The van der Waals surface area contributed by atoms with Crippen LogP contribution in [0.25, 0.3) is 6.08 Å². The largest absolute Gasteiger partial charge is 0.478 e. The van der Waals surface area contributed by atoms with Crippen molar-refractivity contribution in [2.45, 2.75) is 110 Å². The lowest BCUT2D eigenvalue weighted by Gasteiger charge is -2.07. The summed E-state index contributed by atoms with van der Waals surface area (Å²) in [7, 11) is 0. The van der Waals surface area contributed by atoms with E-state index in [4.69, 9.17) is 5.11 Å². The first kappa shape index (κ1) is 28.0. The van der Waals surface area contributed by atoms with Gasteiger partial charge in [0, 0.05) is 18.3 Å². The maximum Gasteiger partial charge on any atom is 0.328 e. The van der Waals surface area contributed by atoms with E-state index in [0.717, 1.165) is 23.9 Å². The van der Waals surface area contributed by atoms with Crippen LogP contribution >= 0.6 is 0 Å². The molecule has 0 aliphatic heterocycles. The van der Waals surface area contributed by atoms with Gasteiger partial charge in [0.15, 0.2) is 0 Å². The molecule has 0 bridgehead atoms. The van der Waals surface area contributed by atoms with Crippen LogP contribution in [-0.4, -0.2) is 17.6 Å². The maximum atomic E-state index is 10.4. The Kier molecular flexibility index (Phi) is 18.2. The van der Waals surface area contributed by atoms with Gasteiger partial charge < -0.3 is 10.4 Å². The van der Waals surface area contributed by atoms with Gasteiger partial charge in [-0.25, -0.2) is 4.79 Å². The highest BCUT2D eigenvalue weighted by atomic mass is 16.4.